The van der Waals surface area contributed by atoms with Gasteiger partial charge in [-0.15, -0.1) is 0 Å². The number of nitrogens with zero attached hydrogens (tertiary/aromatic N) is 2. The third kappa shape index (κ3) is 1.57. The fourth-order valence-electron chi connectivity index (χ4n) is 1.16. The molecule has 2 nitrogen and oxygen atoms in total. The van der Waals surface area contributed by atoms with Gasteiger partial charge in [0.1, 0.15) is 6.07 Å². The molecule has 0 spiro atoms. The molecule has 0 aromatic carbocycles. The molecule has 2 heterocycles. The van der Waals surface area contributed by atoms with E-state index < -0.39 is 0 Å². The van der Waals surface area contributed by atoms with E-state index in [0.717, 1.165) is 15.6 Å². The van der Waals surface area contributed by atoms with Crippen molar-refractivity contribution in [3.8, 4) is 17.2 Å². The third-order valence-corrected chi connectivity index (χ3v) is 3.31. The summed E-state index contributed by atoms with van der Waals surface area (Å²) in [6.07, 6.45) is 1.65. The van der Waals surface area contributed by atoms with Gasteiger partial charge in [0.25, 0.3) is 0 Å². The van der Waals surface area contributed by atoms with Crippen molar-refractivity contribution < 1.29 is 0 Å². The number of pyridine rings is 1. The first-order valence-corrected chi connectivity index (χ1v) is 5.63. The molecule has 4 heteroatoms. The molecule has 2 aromatic rings. The quantitative estimate of drug-likeness (QED) is 0.791. The van der Waals surface area contributed by atoms with E-state index in [1.54, 1.807) is 17.5 Å². The monoisotopic (exact) mass is 264 g/mol. The Kier molecular flexibility index (Phi) is 2.62. The lowest BCUT2D eigenvalue weighted by Crippen LogP contribution is -1.86. The topological polar surface area (TPSA) is 36.7 Å². The van der Waals surface area contributed by atoms with Crippen molar-refractivity contribution in [1.29, 1.82) is 5.26 Å². The average molecular weight is 265 g/mol. The van der Waals surface area contributed by atoms with Gasteiger partial charge in [0, 0.05) is 11.8 Å². The van der Waals surface area contributed by atoms with E-state index in [2.05, 4.69) is 20.9 Å². The van der Waals surface area contributed by atoms with E-state index >= 15 is 0 Å². The molecule has 14 heavy (non-hydrogen) atoms. The first-order valence-electron chi connectivity index (χ1n) is 3.90. The summed E-state index contributed by atoms with van der Waals surface area (Å²) in [5.74, 6) is 0. The zero-order valence-electron chi connectivity index (χ0n) is 7.07. The molecule has 0 atom stereocenters. The number of rotatable bonds is 1. The fraction of sp³-hybridized carbons (Fsp3) is 0. The van der Waals surface area contributed by atoms with Gasteiger partial charge < -0.3 is 0 Å². The van der Waals surface area contributed by atoms with Crippen LogP contribution in [0.3, 0.4) is 0 Å². The van der Waals surface area contributed by atoms with Crippen LogP contribution in [-0.2, 0) is 0 Å². The van der Waals surface area contributed by atoms with Crippen LogP contribution in [0.5, 0.6) is 0 Å². The summed E-state index contributed by atoms with van der Waals surface area (Å²) in [6, 6.07) is 5.96. The summed E-state index contributed by atoms with van der Waals surface area (Å²) in [7, 11) is 0. The van der Waals surface area contributed by atoms with Crippen LogP contribution in [0.2, 0.25) is 0 Å². The van der Waals surface area contributed by atoms with Crippen molar-refractivity contribution in [3.05, 3.63) is 39.3 Å². The summed E-state index contributed by atoms with van der Waals surface area (Å²) in [4.78, 5) is 3.96. The van der Waals surface area contributed by atoms with E-state index in [4.69, 9.17) is 5.26 Å². The Morgan fingerprint density at radius 3 is 2.93 bits per heavy atom. The van der Waals surface area contributed by atoms with Gasteiger partial charge in [-0.2, -0.15) is 16.6 Å². The number of aromatic nitrogens is 1. The Morgan fingerprint density at radius 2 is 2.29 bits per heavy atom. The molecule has 2 rings (SSSR count). The SMILES string of the molecule is N#Cc1nccc(-c2ccsc2)c1Br. The molecule has 0 saturated heterocycles. The highest BCUT2D eigenvalue weighted by molar-refractivity contribution is 9.10. The van der Waals surface area contributed by atoms with Crippen molar-refractivity contribution in [2.24, 2.45) is 0 Å². The van der Waals surface area contributed by atoms with Crippen molar-refractivity contribution in [3.63, 3.8) is 0 Å². The van der Waals surface area contributed by atoms with E-state index in [1.807, 2.05) is 29.0 Å². The lowest BCUT2D eigenvalue weighted by atomic mass is 10.1. The number of thiophene rings is 1. The highest BCUT2D eigenvalue weighted by Gasteiger charge is 2.08. The zero-order chi connectivity index (χ0) is 9.97. The van der Waals surface area contributed by atoms with Crippen molar-refractivity contribution in [1.82, 2.24) is 4.98 Å². The van der Waals surface area contributed by atoms with Crippen LogP contribution in [0, 0.1) is 11.3 Å². The van der Waals surface area contributed by atoms with Gasteiger partial charge in [0.15, 0.2) is 5.69 Å². The molecular weight excluding hydrogens is 260 g/mol. The Hall–Kier alpha value is -1.18. The van der Waals surface area contributed by atoms with Gasteiger partial charge in [0.05, 0.1) is 4.47 Å². The number of halogens is 1. The fourth-order valence-corrected chi connectivity index (χ4v) is 2.37. The molecule has 0 aliphatic carbocycles. The van der Waals surface area contributed by atoms with Crippen LogP contribution in [0.1, 0.15) is 5.69 Å². The highest BCUT2D eigenvalue weighted by atomic mass is 79.9. The van der Waals surface area contributed by atoms with Gasteiger partial charge in [-0.25, -0.2) is 4.98 Å². The molecule has 0 N–H and O–H groups in total. The summed E-state index contributed by atoms with van der Waals surface area (Å²) in [5.41, 5.74) is 2.55. The standard InChI is InChI=1S/C10H5BrN2S/c11-10-8(7-2-4-14-6-7)1-3-13-9(10)5-12/h1-4,6H. The Morgan fingerprint density at radius 1 is 1.43 bits per heavy atom. The number of hydrogen-bond donors (Lipinski definition) is 0. The second kappa shape index (κ2) is 3.91. The van der Waals surface area contributed by atoms with Crippen molar-refractivity contribution >= 4 is 27.3 Å². The minimum absolute atomic E-state index is 0.425. The van der Waals surface area contributed by atoms with Crippen LogP contribution < -0.4 is 0 Å². The van der Waals surface area contributed by atoms with Gasteiger partial charge >= 0.3 is 0 Å². The van der Waals surface area contributed by atoms with Crippen LogP contribution in [-0.4, -0.2) is 4.98 Å². The normalized spacial score (nSPS) is 9.71. The van der Waals surface area contributed by atoms with E-state index in [0.29, 0.717) is 5.69 Å². The largest absolute Gasteiger partial charge is 0.244 e. The van der Waals surface area contributed by atoms with Crippen LogP contribution in [0.4, 0.5) is 0 Å². The molecule has 0 bridgehead atoms. The predicted molar refractivity (Wildman–Crippen MR) is 60.0 cm³/mol. The number of hydrogen-bond acceptors (Lipinski definition) is 3. The van der Waals surface area contributed by atoms with E-state index in [9.17, 15) is 0 Å². The summed E-state index contributed by atoms with van der Waals surface area (Å²) < 4.78 is 0.765. The molecule has 0 amide bonds. The summed E-state index contributed by atoms with van der Waals surface area (Å²) in [5, 5.41) is 12.9. The van der Waals surface area contributed by atoms with Crippen molar-refractivity contribution in [2.45, 2.75) is 0 Å². The van der Waals surface area contributed by atoms with Crippen LogP contribution in [0.15, 0.2) is 33.6 Å². The lowest BCUT2D eigenvalue weighted by Gasteiger charge is -2.01. The molecule has 68 valence electrons. The summed E-state index contributed by atoms with van der Waals surface area (Å²) in [6.45, 7) is 0. The molecular formula is C10H5BrN2S. The summed E-state index contributed by atoms with van der Waals surface area (Å²) >= 11 is 5.01. The smallest absolute Gasteiger partial charge is 0.155 e. The second-order valence-corrected chi connectivity index (χ2v) is 4.22. The predicted octanol–water partition coefficient (Wildman–Crippen LogP) is 3.44. The molecule has 0 radical (unpaired) electrons. The minimum atomic E-state index is 0.425. The first kappa shape index (κ1) is 9.38. The van der Waals surface area contributed by atoms with Crippen LogP contribution >= 0.6 is 27.3 Å². The molecule has 0 unspecified atom stereocenters. The van der Waals surface area contributed by atoms with Gasteiger partial charge in [-0.1, -0.05) is 0 Å². The molecule has 2 aromatic heterocycles. The highest BCUT2D eigenvalue weighted by Crippen LogP contribution is 2.30. The maximum atomic E-state index is 8.80. The van der Waals surface area contributed by atoms with Crippen LogP contribution in [0.25, 0.3) is 11.1 Å². The average Bonchev–Trinajstić information content (AvgIpc) is 2.71. The third-order valence-electron chi connectivity index (χ3n) is 1.83. The Balaban J connectivity index is 2.61. The first-order chi connectivity index (χ1) is 6.83. The molecule has 0 aliphatic rings. The zero-order valence-corrected chi connectivity index (χ0v) is 9.47. The Labute approximate surface area is 94.0 Å². The maximum absolute atomic E-state index is 8.80. The molecule has 0 saturated carbocycles. The van der Waals surface area contributed by atoms with Crippen molar-refractivity contribution in [2.75, 3.05) is 0 Å². The van der Waals surface area contributed by atoms with E-state index in [-0.39, 0.29) is 0 Å². The van der Waals surface area contributed by atoms with Gasteiger partial charge in [0.2, 0.25) is 0 Å². The molecule has 0 aliphatic heterocycles. The minimum Gasteiger partial charge on any atom is -0.244 e. The van der Waals surface area contributed by atoms with E-state index in [1.165, 1.54) is 0 Å². The molecule has 0 fully saturated rings. The number of nitriles is 1. The lowest BCUT2D eigenvalue weighted by molar-refractivity contribution is 1.25. The maximum Gasteiger partial charge on any atom is 0.155 e. The second-order valence-electron chi connectivity index (χ2n) is 2.64. The Bertz CT molecular complexity index is 485. The van der Waals surface area contributed by atoms with Gasteiger partial charge in [-0.05, 0) is 44.4 Å². The van der Waals surface area contributed by atoms with Gasteiger partial charge in [-0.3, -0.25) is 0 Å².